The quantitative estimate of drug-likeness (QED) is 0.126. The van der Waals surface area contributed by atoms with Gasteiger partial charge in [-0.25, -0.2) is 0 Å². The van der Waals surface area contributed by atoms with Crippen LogP contribution in [0, 0.1) is 0 Å². The monoisotopic (exact) mass is 752 g/mol. The molecule has 1 unspecified atom stereocenters. The van der Waals surface area contributed by atoms with Crippen molar-refractivity contribution in [1.29, 1.82) is 0 Å². The van der Waals surface area contributed by atoms with E-state index in [1.807, 2.05) is 6.07 Å². The first kappa shape index (κ1) is 33.9. The van der Waals surface area contributed by atoms with Gasteiger partial charge in [-0.2, -0.15) is 0 Å². The smallest absolute Gasteiger partial charge is 0.136 e. The van der Waals surface area contributed by atoms with Gasteiger partial charge in [-0.05, 0) is 124 Å². The minimum Gasteiger partial charge on any atom is -0.456 e. The predicted molar refractivity (Wildman–Crippen MR) is 249 cm³/mol. The summed E-state index contributed by atoms with van der Waals surface area (Å²) >= 11 is 0. The number of hydrogen-bond acceptors (Lipinski definition) is 1. The Balaban J connectivity index is 1.08. The maximum atomic E-state index is 6.39. The van der Waals surface area contributed by atoms with Crippen LogP contribution < -0.4 is 0 Å². The lowest BCUT2D eigenvalue weighted by Crippen LogP contribution is -2.16. The fourth-order valence-corrected chi connectivity index (χ4v) is 10.3. The molecule has 0 amide bonds. The molecule has 11 aromatic rings. The molecule has 1 atom stereocenters. The summed E-state index contributed by atoms with van der Waals surface area (Å²) in [6.45, 7) is 4.80. The first-order chi connectivity index (χ1) is 29.0. The van der Waals surface area contributed by atoms with Crippen molar-refractivity contribution in [3.05, 3.63) is 228 Å². The summed E-state index contributed by atoms with van der Waals surface area (Å²) in [7, 11) is 0. The van der Waals surface area contributed by atoms with Gasteiger partial charge in [-0.1, -0.05) is 184 Å². The van der Waals surface area contributed by atoms with E-state index in [9.17, 15) is 0 Å². The molecule has 0 fully saturated rings. The fourth-order valence-electron chi connectivity index (χ4n) is 10.3. The lowest BCUT2D eigenvalue weighted by atomic mass is 9.76. The van der Waals surface area contributed by atoms with Crippen LogP contribution in [0.3, 0.4) is 0 Å². The molecule has 278 valence electrons. The van der Waals surface area contributed by atoms with Crippen molar-refractivity contribution in [1.82, 2.24) is 0 Å². The van der Waals surface area contributed by atoms with E-state index in [-0.39, 0.29) is 11.3 Å². The highest BCUT2D eigenvalue weighted by Crippen LogP contribution is 2.52. The molecule has 1 nitrogen and oxygen atoms in total. The summed E-state index contributed by atoms with van der Waals surface area (Å²) in [6, 6.07) is 74.2. The molecule has 0 saturated heterocycles. The molecule has 1 aliphatic rings. The van der Waals surface area contributed by atoms with Crippen molar-refractivity contribution in [2.45, 2.75) is 25.2 Å². The second-order valence-electron chi connectivity index (χ2n) is 16.8. The van der Waals surface area contributed by atoms with E-state index in [1.54, 1.807) is 0 Å². The number of rotatable bonds is 5. The third-order valence-electron chi connectivity index (χ3n) is 13.2. The van der Waals surface area contributed by atoms with E-state index in [0.717, 1.165) is 27.5 Å². The van der Waals surface area contributed by atoms with E-state index in [2.05, 4.69) is 208 Å². The van der Waals surface area contributed by atoms with Crippen LogP contribution in [0.5, 0.6) is 0 Å². The largest absolute Gasteiger partial charge is 0.456 e. The molecule has 0 aliphatic heterocycles. The van der Waals surface area contributed by atoms with Crippen LogP contribution in [0.4, 0.5) is 0 Å². The summed E-state index contributed by atoms with van der Waals surface area (Å²) < 4.78 is 6.39. The van der Waals surface area contributed by atoms with Gasteiger partial charge in [0, 0.05) is 22.1 Å². The molecule has 1 aromatic heterocycles. The second-order valence-corrected chi connectivity index (χ2v) is 16.8. The van der Waals surface area contributed by atoms with Gasteiger partial charge in [0.05, 0.1) is 0 Å². The van der Waals surface area contributed by atoms with E-state index in [4.69, 9.17) is 4.42 Å². The zero-order valence-electron chi connectivity index (χ0n) is 33.0. The Hall–Kier alpha value is -7.22. The fraction of sp³-hybridized carbons (Fsp3) is 0.0690. The van der Waals surface area contributed by atoms with Crippen molar-refractivity contribution in [2.75, 3.05) is 0 Å². The molecule has 1 heteroatoms. The highest BCUT2D eigenvalue weighted by Gasteiger charge is 2.37. The van der Waals surface area contributed by atoms with Crippen LogP contribution in [-0.2, 0) is 5.41 Å². The molecule has 0 N–H and O–H groups in total. The average molecular weight is 753 g/mol. The molecular formula is C58H40O. The maximum absolute atomic E-state index is 6.39. The van der Waals surface area contributed by atoms with Gasteiger partial charge in [0.1, 0.15) is 11.2 Å². The van der Waals surface area contributed by atoms with Gasteiger partial charge < -0.3 is 4.42 Å². The zero-order chi connectivity index (χ0) is 39.2. The van der Waals surface area contributed by atoms with Crippen LogP contribution in [0.15, 0.2) is 205 Å². The Morgan fingerprint density at radius 3 is 1.76 bits per heavy atom. The Bertz CT molecular complexity index is 3470. The van der Waals surface area contributed by atoms with Crippen molar-refractivity contribution in [3.63, 3.8) is 0 Å². The first-order valence-corrected chi connectivity index (χ1v) is 20.7. The van der Waals surface area contributed by atoms with E-state index >= 15 is 0 Å². The molecule has 0 spiro atoms. The standard InChI is InChI=1S/C58H40O/c1-58(2)53-33-37(36-14-4-3-5-15-36)24-27-47(53)48-28-26-40(34-54(48)58)57(52-32-38-16-6-7-17-41(38)43-18-9-11-21-46(43)52)51-31-30-42(44-19-8-10-20-45(44)51)39-25-29-50-49-22-12-13-23-55(49)59-56(50)35-39/h3-35,57H,1-2H3. The SMILES string of the molecule is CC1(C)c2cc(-c3ccccc3)ccc2-c2ccc(C(c3ccc(-c4ccc5c(c4)oc4ccccc45)c4ccccc34)c3cc4ccccc4c4ccccc34)cc21. The Labute approximate surface area is 343 Å². The molecule has 12 rings (SSSR count). The van der Waals surface area contributed by atoms with Crippen molar-refractivity contribution >= 4 is 54.3 Å². The van der Waals surface area contributed by atoms with Crippen molar-refractivity contribution < 1.29 is 4.42 Å². The van der Waals surface area contributed by atoms with Crippen LogP contribution in [0.25, 0.3) is 87.6 Å². The second kappa shape index (κ2) is 12.9. The molecule has 10 aromatic carbocycles. The first-order valence-electron chi connectivity index (χ1n) is 20.7. The van der Waals surface area contributed by atoms with Crippen LogP contribution in [0.1, 0.15) is 47.6 Å². The van der Waals surface area contributed by atoms with Crippen molar-refractivity contribution in [2.24, 2.45) is 0 Å². The summed E-state index contributed by atoms with van der Waals surface area (Å²) in [6.07, 6.45) is 0. The van der Waals surface area contributed by atoms with Crippen LogP contribution in [0.2, 0.25) is 0 Å². The molecule has 1 heterocycles. The van der Waals surface area contributed by atoms with Gasteiger partial charge in [0.2, 0.25) is 0 Å². The molecule has 1 aliphatic carbocycles. The van der Waals surface area contributed by atoms with Crippen LogP contribution in [-0.4, -0.2) is 0 Å². The summed E-state index contributed by atoms with van der Waals surface area (Å²) in [5.41, 5.74) is 15.9. The van der Waals surface area contributed by atoms with Gasteiger partial charge in [-0.15, -0.1) is 0 Å². The number of benzene rings is 10. The lowest BCUT2D eigenvalue weighted by Gasteiger charge is -2.27. The molecule has 59 heavy (non-hydrogen) atoms. The van der Waals surface area contributed by atoms with Gasteiger partial charge in [0.25, 0.3) is 0 Å². The highest BCUT2D eigenvalue weighted by atomic mass is 16.3. The minimum atomic E-state index is -0.178. The van der Waals surface area contributed by atoms with Gasteiger partial charge in [-0.3, -0.25) is 0 Å². The van der Waals surface area contributed by atoms with Crippen LogP contribution >= 0.6 is 0 Å². The van der Waals surface area contributed by atoms with Crippen molar-refractivity contribution in [3.8, 4) is 33.4 Å². The molecule has 0 saturated carbocycles. The lowest BCUT2D eigenvalue weighted by molar-refractivity contribution is 0.659. The topological polar surface area (TPSA) is 13.1 Å². The molecular weight excluding hydrogens is 713 g/mol. The number of fused-ring (bicyclic) bond motifs is 10. The minimum absolute atomic E-state index is 0.0361. The molecule has 0 radical (unpaired) electrons. The average Bonchev–Trinajstić information content (AvgIpc) is 3.77. The Morgan fingerprint density at radius 1 is 0.356 bits per heavy atom. The molecule has 0 bridgehead atoms. The Kier molecular flexibility index (Phi) is 7.40. The third-order valence-corrected chi connectivity index (χ3v) is 13.2. The number of hydrogen-bond donors (Lipinski definition) is 0. The van der Waals surface area contributed by atoms with E-state index < -0.39 is 0 Å². The third kappa shape index (κ3) is 5.18. The summed E-state index contributed by atoms with van der Waals surface area (Å²) in [5.74, 6) is -0.0361. The van der Waals surface area contributed by atoms with Gasteiger partial charge >= 0.3 is 0 Å². The van der Waals surface area contributed by atoms with E-state index in [0.29, 0.717) is 0 Å². The summed E-state index contributed by atoms with van der Waals surface area (Å²) in [4.78, 5) is 0. The normalized spacial score (nSPS) is 13.7. The van der Waals surface area contributed by atoms with Gasteiger partial charge in [0.15, 0.2) is 0 Å². The Morgan fingerprint density at radius 2 is 0.949 bits per heavy atom. The number of para-hydroxylation sites is 1. The predicted octanol–water partition coefficient (Wildman–Crippen LogP) is 15.9. The highest BCUT2D eigenvalue weighted by molar-refractivity contribution is 6.10. The summed E-state index contributed by atoms with van der Waals surface area (Å²) in [5, 5.41) is 9.90. The maximum Gasteiger partial charge on any atom is 0.136 e. The van der Waals surface area contributed by atoms with E-state index in [1.165, 1.54) is 88.0 Å². The number of furan rings is 1. The zero-order valence-corrected chi connectivity index (χ0v) is 33.0.